The number of nitrogens with one attached hydrogen (secondary N) is 2. The van der Waals surface area contributed by atoms with E-state index in [1.54, 1.807) is 50.4 Å². The van der Waals surface area contributed by atoms with Gasteiger partial charge in [-0.15, -0.1) is 0 Å². The third-order valence-corrected chi connectivity index (χ3v) is 3.68. The lowest BCUT2D eigenvalue weighted by molar-refractivity contribution is -0.123. The quantitative estimate of drug-likeness (QED) is 0.781. The molecule has 2 amide bonds. The minimum absolute atomic E-state index is 0.0791. The number of aryl methyl sites for hydroxylation is 1. The Morgan fingerprint density at radius 1 is 1.15 bits per heavy atom. The highest BCUT2D eigenvalue weighted by molar-refractivity contribution is 5.99. The third kappa shape index (κ3) is 5.44. The van der Waals surface area contributed by atoms with Gasteiger partial charge in [-0.25, -0.2) is 4.39 Å². The summed E-state index contributed by atoms with van der Waals surface area (Å²) in [4.78, 5) is 24.0. The number of hydrogen-bond acceptors (Lipinski definition) is 3. The van der Waals surface area contributed by atoms with Crippen molar-refractivity contribution in [3.63, 3.8) is 0 Å². The summed E-state index contributed by atoms with van der Waals surface area (Å²) >= 11 is 0. The van der Waals surface area contributed by atoms with Crippen LogP contribution in [0, 0.1) is 12.7 Å². The molecule has 0 heterocycles. The summed E-state index contributed by atoms with van der Waals surface area (Å²) in [5, 5.41) is 5.00. The summed E-state index contributed by atoms with van der Waals surface area (Å²) < 4.78 is 18.8. The fourth-order valence-electron chi connectivity index (χ4n) is 2.18. The molecule has 0 bridgehead atoms. The molecule has 0 unspecified atom stereocenters. The van der Waals surface area contributed by atoms with Gasteiger partial charge < -0.3 is 15.4 Å². The van der Waals surface area contributed by atoms with E-state index in [1.807, 2.05) is 0 Å². The Bertz CT molecular complexity index is 816. The molecule has 0 saturated heterocycles. The van der Waals surface area contributed by atoms with Crippen LogP contribution < -0.4 is 15.4 Å². The van der Waals surface area contributed by atoms with Gasteiger partial charge in [-0.2, -0.15) is 0 Å². The van der Waals surface area contributed by atoms with Gasteiger partial charge in [0.15, 0.2) is 0 Å². The average molecular weight is 356 g/mol. The minimum atomic E-state index is -0.816. The zero-order chi connectivity index (χ0) is 19.1. The maximum atomic E-state index is 13.8. The van der Waals surface area contributed by atoms with Crippen LogP contribution in [0.5, 0.6) is 5.75 Å². The second kappa shape index (κ2) is 8.80. The third-order valence-electron chi connectivity index (χ3n) is 3.68. The first-order valence-electron chi connectivity index (χ1n) is 8.08. The molecule has 0 radical (unpaired) electrons. The van der Waals surface area contributed by atoms with Crippen molar-refractivity contribution in [1.29, 1.82) is 0 Å². The van der Waals surface area contributed by atoms with Gasteiger partial charge in [0.2, 0.25) is 11.8 Å². The first-order valence-corrected chi connectivity index (χ1v) is 8.08. The van der Waals surface area contributed by atoms with Gasteiger partial charge in [0.05, 0.1) is 12.8 Å². The molecular formula is C20H21FN2O3. The highest BCUT2D eigenvalue weighted by Crippen LogP contribution is 2.15. The van der Waals surface area contributed by atoms with Crippen molar-refractivity contribution in [2.24, 2.45) is 0 Å². The molecule has 1 atom stereocenters. The Morgan fingerprint density at radius 2 is 1.85 bits per heavy atom. The number of halogens is 1. The van der Waals surface area contributed by atoms with Gasteiger partial charge in [0.1, 0.15) is 17.6 Å². The molecule has 136 valence electrons. The molecule has 0 aliphatic rings. The molecule has 0 fully saturated rings. The Morgan fingerprint density at radius 3 is 2.46 bits per heavy atom. The highest BCUT2D eigenvalue weighted by Gasteiger charge is 2.16. The first kappa shape index (κ1) is 19.2. The van der Waals surface area contributed by atoms with Crippen LogP contribution in [0.1, 0.15) is 18.1 Å². The normalized spacial score (nSPS) is 11.8. The summed E-state index contributed by atoms with van der Waals surface area (Å²) in [6, 6.07) is 10.9. The number of hydrogen-bond donors (Lipinski definition) is 2. The molecular weight excluding hydrogens is 335 g/mol. The smallest absolute Gasteiger partial charge is 0.246 e. The van der Waals surface area contributed by atoms with E-state index in [2.05, 4.69) is 10.6 Å². The predicted molar refractivity (Wildman–Crippen MR) is 99.4 cm³/mol. The average Bonchev–Trinajstić information content (AvgIpc) is 2.62. The van der Waals surface area contributed by atoms with E-state index in [1.165, 1.54) is 25.1 Å². The first-order chi connectivity index (χ1) is 12.4. The zero-order valence-corrected chi connectivity index (χ0v) is 14.9. The minimum Gasteiger partial charge on any atom is -0.497 e. The second-order valence-corrected chi connectivity index (χ2v) is 5.81. The Labute approximate surface area is 151 Å². The molecule has 0 spiro atoms. The number of carbonyl (C=O) groups excluding carboxylic acids is 2. The maximum absolute atomic E-state index is 13.8. The number of methoxy groups -OCH3 is 1. The van der Waals surface area contributed by atoms with E-state index in [4.69, 9.17) is 4.74 Å². The monoisotopic (exact) mass is 356 g/mol. The molecule has 2 aromatic carbocycles. The van der Waals surface area contributed by atoms with E-state index in [9.17, 15) is 14.0 Å². The molecule has 2 rings (SSSR count). The van der Waals surface area contributed by atoms with E-state index >= 15 is 0 Å². The summed E-state index contributed by atoms with van der Waals surface area (Å²) in [5.74, 6) is -0.719. The fraction of sp³-hybridized carbons (Fsp3) is 0.200. The van der Waals surface area contributed by atoms with Crippen LogP contribution in [0.3, 0.4) is 0 Å². The molecule has 0 saturated carbocycles. The number of amides is 2. The van der Waals surface area contributed by atoms with Crippen LogP contribution in [-0.4, -0.2) is 25.0 Å². The summed E-state index contributed by atoms with van der Waals surface area (Å²) in [5.41, 5.74) is 1.65. The lowest BCUT2D eigenvalue weighted by Crippen LogP contribution is -2.41. The molecule has 0 aromatic heterocycles. The molecule has 5 nitrogen and oxygen atoms in total. The number of rotatable bonds is 6. The van der Waals surface area contributed by atoms with Crippen LogP contribution >= 0.6 is 0 Å². The van der Waals surface area contributed by atoms with E-state index in [-0.39, 0.29) is 5.69 Å². The van der Waals surface area contributed by atoms with Crippen LogP contribution in [-0.2, 0) is 9.59 Å². The molecule has 6 heteroatoms. The van der Waals surface area contributed by atoms with E-state index < -0.39 is 23.7 Å². The van der Waals surface area contributed by atoms with Gasteiger partial charge >= 0.3 is 0 Å². The van der Waals surface area contributed by atoms with Crippen LogP contribution in [0.15, 0.2) is 48.5 Å². The van der Waals surface area contributed by atoms with Crippen molar-refractivity contribution in [2.45, 2.75) is 19.9 Å². The Hall–Kier alpha value is -3.15. The molecule has 2 N–H and O–H groups in total. The van der Waals surface area contributed by atoms with Gasteiger partial charge in [0.25, 0.3) is 0 Å². The van der Waals surface area contributed by atoms with Crippen LogP contribution in [0.2, 0.25) is 0 Å². The SMILES string of the molecule is COc1ccc(/C=C/C(=O)N[C@@H](C)C(=O)Nc2ccc(C)cc2F)cc1. The number of benzene rings is 2. The largest absolute Gasteiger partial charge is 0.497 e. The van der Waals surface area contributed by atoms with Crippen LogP contribution in [0.4, 0.5) is 10.1 Å². The fourth-order valence-corrected chi connectivity index (χ4v) is 2.18. The van der Waals surface area contributed by atoms with Crippen molar-refractivity contribution < 1.29 is 18.7 Å². The predicted octanol–water partition coefficient (Wildman–Crippen LogP) is 3.30. The Balaban J connectivity index is 1.90. The van der Waals surface area contributed by atoms with Crippen molar-refractivity contribution in [3.05, 3.63) is 65.5 Å². The standard InChI is InChI=1S/C20H21FN2O3/c1-13-4-10-18(17(21)12-13)23-20(25)14(2)22-19(24)11-7-15-5-8-16(26-3)9-6-15/h4-12,14H,1-3H3,(H,22,24)(H,23,25)/b11-7+/t14-/m0/s1. The van der Waals surface area contributed by atoms with E-state index in [0.717, 1.165) is 16.9 Å². The second-order valence-electron chi connectivity index (χ2n) is 5.81. The van der Waals surface area contributed by atoms with Crippen molar-refractivity contribution in [3.8, 4) is 5.75 Å². The van der Waals surface area contributed by atoms with Gasteiger partial charge in [0, 0.05) is 6.08 Å². The van der Waals surface area contributed by atoms with Gasteiger partial charge in [-0.1, -0.05) is 18.2 Å². The van der Waals surface area contributed by atoms with Crippen LogP contribution in [0.25, 0.3) is 6.08 Å². The number of anilines is 1. The topological polar surface area (TPSA) is 67.4 Å². The molecule has 0 aliphatic heterocycles. The molecule has 2 aromatic rings. The maximum Gasteiger partial charge on any atom is 0.246 e. The zero-order valence-electron chi connectivity index (χ0n) is 14.9. The number of carbonyl (C=O) groups is 2. The highest BCUT2D eigenvalue weighted by atomic mass is 19.1. The van der Waals surface area contributed by atoms with Crippen molar-refractivity contribution in [1.82, 2.24) is 5.32 Å². The van der Waals surface area contributed by atoms with E-state index in [0.29, 0.717) is 0 Å². The summed E-state index contributed by atoms with van der Waals surface area (Å²) in [6.07, 6.45) is 2.96. The van der Waals surface area contributed by atoms with Crippen molar-refractivity contribution >= 4 is 23.6 Å². The lowest BCUT2D eigenvalue weighted by atomic mass is 10.2. The molecule has 26 heavy (non-hydrogen) atoms. The number of ether oxygens (including phenoxy) is 1. The van der Waals surface area contributed by atoms with Gasteiger partial charge in [-0.3, -0.25) is 9.59 Å². The lowest BCUT2D eigenvalue weighted by Gasteiger charge is -2.13. The summed E-state index contributed by atoms with van der Waals surface area (Å²) in [7, 11) is 1.58. The Kier molecular flexibility index (Phi) is 6.49. The summed E-state index contributed by atoms with van der Waals surface area (Å²) in [6.45, 7) is 3.28. The van der Waals surface area contributed by atoms with Gasteiger partial charge in [-0.05, 0) is 55.3 Å². The molecule has 0 aliphatic carbocycles. The van der Waals surface area contributed by atoms with Crippen molar-refractivity contribution in [2.75, 3.05) is 12.4 Å².